The van der Waals surface area contributed by atoms with Crippen LogP contribution >= 0.6 is 0 Å². The maximum absolute atomic E-state index is 11.6. The minimum absolute atomic E-state index is 0.0427. The summed E-state index contributed by atoms with van der Waals surface area (Å²) in [5.74, 6) is 0.822. The number of rotatable bonds is 3. The molecule has 1 fully saturated rings. The first-order chi connectivity index (χ1) is 7.25. The third-order valence-electron chi connectivity index (χ3n) is 3.12. The van der Waals surface area contributed by atoms with Gasteiger partial charge >= 0.3 is 5.97 Å². The van der Waals surface area contributed by atoms with Crippen molar-refractivity contribution in [2.24, 2.45) is 11.8 Å². The number of carbonyl (C=O) groups is 1. The largest absolute Gasteiger partial charge is 0.466 e. The summed E-state index contributed by atoms with van der Waals surface area (Å²) in [4.78, 5) is 11.6. The highest BCUT2D eigenvalue weighted by molar-refractivity contribution is 5.78. The van der Waals surface area contributed by atoms with E-state index in [-0.39, 0.29) is 11.9 Å². The number of ether oxygens (including phenoxy) is 1. The van der Waals surface area contributed by atoms with Crippen molar-refractivity contribution in [1.29, 1.82) is 0 Å². The molecule has 0 aromatic heterocycles. The van der Waals surface area contributed by atoms with Gasteiger partial charge < -0.3 is 4.74 Å². The zero-order chi connectivity index (χ0) is 10.8. The predicted octanol–water partition coefficient (Wildman–Crippen LogP) is 2.60. The van der Waals surface area contributed by atoms with E-state index in [2.05, 4.69) is 19.1 Å². The lowest BCUT2D eigenvalue weighted by Crippen LogP contribution is -2.07. The summed E-state index contributed by atoms with van der Waals surface area (Å²) in [6, 6.07) is 10.2. The van der Waals surface area contributed by atoms with Crippen LogP contribution in [-0.2, 0) is 9.53 Å². The lowest BCUT2D eigenvalue weighted by molar-refractivity contribution is -0.145. The number of benzene rings is 1. The Kier molecular flexibility index (Phi) is 2.76. The van der Waals surface area contributed by atoms with Crippen molar-refractivity contribution < 1.29 is 9.53 Å². The molecule has 0 amide bonds. The van der Waals surface area contributed by atoms with E-state index in [0.29, 0.717) is 18.4 Å². The van der Waals surface area contributed by atoms with E-state index in [4.69, 9.17) is 4.74 Å². The Morgan fingerprint density at radius 3 is 2.60 bits per heavy atom. The maximum Gasteiger partial charge on any atom is 0.309 e. The Morgan fingerprint density at radius 1 is 1.33 bits per heavy atom. The van der Waals surface area contributed by atoms with Crippen LogP contribution in [0.4, 0.5) is 0 Å². The number of hydrogen-bond acceptors (Lipinski definition) is 2. The van der Waals surface area contributed by atoms with Crippen molar-refractivity contribution in [3.8, 4) is 0 Å². The zero-order valence-corrected chi connectivity index (χ0v) is 9.14. The van der Waals surface area contributed by atoms with Crippen LogP contribution in [0, 0.1) is 11.8 Å². The normalized spacial score (nSPS) is 28.5. The molecule has 2 heteroatoms. The van der Waals surface area contributed by atoms with Crippen molar-refractivity contribution in [2.75, 3.05) is 6.61 Å². The summed E-state index contributed by atoms with van der Waals surface area (Å²) in [6.07, 6.45) is 0. The number of hydrogen-bond donors (Lipinski definition) is 0. The summed E-state index contributed by atoms with van der Waals surface area (Å²) in [5, 5.41) is 0. The molecule has 0 bridgehead atoms. The maximum atomic E-state index is 11.6. The monoisotopic (exact) mass is 204 g/mol. The fourth-order valence-corrected chi connectivity index (χ4v) is 2.25. The minimum atomic E-state index is -0.0427. The Labute approximate surface area is 90.3 Å². The van der Waals surface area contributed by atoms with E-state index in [1.165, 1.54) is 5.56 Å². The number of carbonyl (C=O) groups excluding carboxylic acids is 1. The Balaban J connectivity index is 2.06. The lowest BCUT2D eigenvalue weighted by Gasteiger charge is -2.00. The Bertz CT molecular complexity index is 345. The Hall–Kier alpha value is -1.31. The second-order valence-electron chi connectivity index (χ2n) is 4.07. The molecule has 2 nitrogen and oxygen atoms in total. The zero-order valence-electron chi connectivity index (χ0n) is 9.14. The van der Waals surface area contributed by atoms with Gasteiger partial charge in [0.05, 0.1) is 12.5 Å². The van der Waals surface area contributed by atoms with Gasteiger partial charge in [-0.15, -0.1) is 0 Å². The van der Waals surface area contributed by atoms with Gasteiger partial charge in [-0.25, -0.2) is 0 Å². The molecule has 80 valence electrons. The van der Waals surface area contributed by atoms with Crippen molar-refractivity contribution in [3.05, 3.63) is 35.9 Å². The second-order valence-corrected chi connectivity index (χ2v) is 4.07. The second kappa shape index (κ2) is 4.05. The van der Waals surface area contributed by atoms with Gasteiger partial charge in [0.25, 0.3) is 0 Å². The van der Waals surface area contributed by atoms with Crippen LogP contribution in [0.5, 0.6) is 0 Å². The molecule has 1 aromatic rings. The molecule has 0 saturated heterocycles. The third kappa shape index (κ3) is 1.89. The van der Waals surface area contributed by atoms with Gasteiger partial charge in [-0.05, 0) is 18.4 Å². The van der Waals surface area contributed by atoms with Crippen LogP contribution in [-0.4, -0.2) is 12.6 Å². The van der Waals surface area contributed by atoms with Gasteiger partial charge in [0, 0.05) is 5.92 Å². The van der Waals surface area contributed by atoms with E-state index >= 15 is 0 Å². The molecule has 0 heterocycles. The topological polar surface area (TPSA) is 26.3 Å². The summed E-state index contributed by atoms with van der Waals surface area (Å²) in [7, 11) is 0. The SMILES string of the molecule is CCOC(=O)C1C(C)C1c1ccccc1. The quantitative estimate of drug-likeness (QED) is 0.707. The molecule has 3 atom stereocenters. The summed E-state index contributed by atoms with van der Waals surface area (Å²) < 4.78 is 5.05. The molecule has 1 aromatic carbocycles. The molecule has 0 aliphatic heterocycles. The van der Waals surface area contributed by atoms with Gasteiger partial charge in [0.15, 0.2) is 0 Å². The van der Waals surface area contributed by atoms with E-state index in [1.807, 2.05) is 25.1 Å². The van der Waals surface area contributed by atoms with Gasteiger partial charge in [-0.3, -0.25) is 4.79 Å². The van der Waals surface area contributed by atoms with Gasteiger partial charge in [-0.1, -0.05) is 37.3 Å². The van der Waals surface area contributed by atoms with Gasteiger partial charge in [0.1, 0.15) is 0 Å². The van der Waals surface area contributed by atoms with Crippen LogP contribution < -0.4 is 0 Å². The van der Waals surface area contributed by atoms with Gasteiger partial charge in [0.2, 0.25) is 0 Å². The lowest BCUT2D eigenvalue weighted by atomic mass is 10.1. The third-order valence-corrected chi connectivity index (χ3v) is 3.12. The van der Waals surface area contributed by atoms with Gasteiger partial charge in [-0.2, -0.15) is 0 Å². The average molecular weight is 204 g/mol. The van der Waals surface area contributed by atoms with Crippen LogP contribution in [0.2, 0.25) is 0 Å². The first-order valence-electron chi connectivity index (χ1n) is 5.47. The molecule has 0 radical (unpaired) electrons. The van der Waals surface area contributed by atoms with Crippen molar-refractivity contribution in [1.82, 2.24) is 0 Å². The Morgan fingerprint density at radius 2 is 2.00 bits per heavy atom. The minimum Gasteiger partial charge on any atom is -0.466 e. The van der Waals surface area contributed by atoms with Crippen molar-refractivity contribution in [3.63, 3.8) is 0 Å². The van der Waals surface area contributed by atoms with Crippen molar-refractivity contribution >= 4 is 5.97 Å². The van der Waals surface area contributed by atoms with Crippen LogP contribution in [0.3, 0.4) is 0 Å². The van der Waals surface area contributed by atoms with E-state index in [9.17, 15) is 4.79 Å². The highest BCUT2D eigenvalue weighted by Gasteiger charge is 2.53. The van der Waals surface area contributed by atoms with Crippen molar-refractivity contribution in [2.45, 2.75) is 19.8 Å². The van der Waals surface area contributed by atoms with Crippen LogP contribution in [0.1, 0.15) is 25.3 Å². The summed E-state index contributed by atoms with van der Waals surface area (Å²) >= 11 is 0. The van der Waals surface area contributed by atoms with E-state index in [1.54, 1.807) is 0 Å². The molecule has 3 unspecified atom stereocenters. The van der Waals surface area contributed by atoms with E-state index < -0.39 is 0 Å². The summed E-state index contributed by atoms with van der Waals surface area (Å²) in [6.45, 7) is 4.44. The molecule has 0 N–H and O–H groups in total. The smallest absolute Gasteiger partial charge is 0.309 e. The molecule has 15 heavy (non-hydrogen) atoms. The molecule has 1 aliphatic carbocycles. The first kappa shape index (κ1) is 10.2. The van der Waals surface area contributed by atoms with Crippen LogP contribution in [0.15, 0.2) is 30.3 Å². The molecule has 0 spiro atoms. The number of esters is 1. The molecule has 1 aliphatic rings. The van der Waals surface area contributed by atoms with Crippen LogP contribution in [0.25, 0.3) is 0 Å². The molecular weight excluding hydrogens is 188 g/mol. The molecular formula is C13H16O2. The van der Waals surface area contributed by atoms with E-state index in [0.717, 1.165) is 0 Å². The fraction of sp³-hybridized carbons (Fsp3) is 0.462. The standard InChI is InChI=1S/C13H16O2/c1-3-15-13(14)12-9(2)11(12)10-7-5-4-6-8-10/h4-9,11-12H,3H2,1-2H3. The highest BCUT2D eigenvalue weighted by Crippen LogP contribution is 2.54. The predicted molar refractivity (Wildman–Crippen MR) is 58.5 cm³/mol. The fourth-order valence-electron chi connectivity index (χ4n) is 2.25. The highest BCUT2D eigenvalue weighted by atomic mass is 16.5. The average Bonchev–Trinajstić information content (AvgIpc) is 2.92. The summed E-state index contributed by atoms with van der Waals surface area (Å²) in [5.41, 5.74) is 1.25. The molecule has 1 saturated carbocycles. The first-order valence-corrected chi connectivity index (χ1v) is 5.47. The molecule has 2 rings (SSSR count).